The third-order valence-electron chi connectivity index (χ3n) is 3.65. The second kappa shape index (κ2) is 14.4. The van der Waals surface area contributed by atoms with E-state index < -0.39 is 0 Å². The van der Waals surface area contributed by atoms with Gasteiger partial charge in [0.05, 0.1) is 10.0 Å². The molecule has 4 aromatic rings. The Morgan fingerprint density at radius 1 is 0.606 bits per heavy atom. The highest BCUT2D eigenvalue weighted by atomic mass is 127. The quantitative estimate of drug-likeness (QED) is 0.163. The van der Waals surface area contributed by atoms with Crippen molar-refractivity contribution in [1.29, 1.82) is 0 Å². The minimum absolute atomic E-state index is 0.245. The fourth-order valence-electron chi connectivity index (χ4n) is 2.09. The lowest BCUT2D eigenvalue weighted by Gasteiger charge is -2.06. The Hall–Kier alpha value is -0.970. The van der Waals surface area contributed by atoms with E-state index in [0.717, 1.165) is 12.9 Å². The molecule has 2 nitrogen and oxygen atoms in total. The first-order valence-electron chi connectivity index (χ1n) is 9.07. The summed E-state index contributed by atoms with van der Waals surface area (Å²) in [6.45, 7) is 0. The maximum absolute atomic E-state index is 12.3. The van der Waals surface area contributed by atoms with Crippen LogP contribution in [-0.4, -0.2) is 5.11 Å². The number of phenols is 1. The summed E-state index contributed by atoms with van der Waals surface area (Å²) in [5, 5.41) is 11.2. The van der Waals surface area contributed by atoms with E-state index in [1.807, 2.05) is 46.9 Å². The topological polar surface area (TPSA) is 29.5 Å². The van der Waals surface area contributed by atoms with Gasteiger partial charge >= 0.3 is 0 Å². The van der Waals surface area contributed by atoms with Crippen molar-refractivity contribution in [3.63, 3.8) is 0 Å². The number of hydrogen-bond donors (Lipinski definition) is 1. The Labute approximate surface area is 238 Å². The van der Waals surface area contributed by atoms with Crippen molar-refractivity contribution in [1.82, 2.24) is 0 Å². The summed E-state index contributed by atoms with van der Waals surface area (Å²) < 4.78 is 19.8. The normalized spacial score (nSPS) is 9.79. The van der Waals surface area contributed by atoms with Gasteiger partial charge < -0.3 is 9.84 Å². The number of halogens is 7. The Bertz CT molecular complexity index is 1150. The molecule has 0 heterocycles. The van der Waals surface area contributed by atoms with Crippen molar-refractivity contribution in [3.05, 3.63) is 118 Å². The molecule has 0 amide bonds. The summed E-state index contributed by atoms with van der Waals surface area (Å²) in [5.74, 6) is 1.41. The van der Waals surface area contributed by atoms with Crippen LogP contribution in [0.25, 0.3) is 0 Å². The highest BCUT2D eigenvalue weighted by molar-refractivity contribution is 14.1. The van der Waals surface area contributed by atoms with Crippen molar-refractivity contribution in [2.24, 2.45) is 0 Å². The predicted molar refractivity (Wildman–Crippen MR) is 153 cm³/mol. The molecule has 0 aliphatic heterocycles. The molecule has 9 heteroatoms. The van der Waals surface area contributed by atoms with E-state index in [1.165, 1.54) is 12.1 Å². The van der Waals surface area contributed by atoms with E-state index in [1.54, 1.807) is 48.5 Å². The zero-order valence-electron chi connectivity index (χ0n) is 16.6. The van der Waals surface area contributed by atoms with Crippen molar-refractivity contribution < 1.29 is 14.2 Å². The van der Waals surface area contributed by atoms with Crippen LogP contribution in [0.4, 0.5) is 4.39 Å². The predicted octanol–water partition coefficient (Wildman–Crippen LogP) is 10.5. The molecule has 4 aromatic carbocycles. The van der Waals surface area contributed by atoms with Crippen LogP contribution in [-0.2, 0) is 0 Å². The number of hydrogen-bond acceptors (Lipinski definition) is 2. The number of ether oxygens (including phenoxy) is 1. The monoisotopic (exact) mass is 748 g/mol. The van der Waals surface area contributed by atoms with Gasteiger partial charge in [-0.2, -0.15) is 0 Å². The molecule has 0 aliphatic rings. The lowest BCUT2D eigenvalue weighted by Crippen LogP contribution is -1.84. The molecule has 0 atom stereocenters. The van der Waals surface area contributed by atoms with Crippen LogP contribution in [0.1, 0.15) is 0 Å². The van der Waals surface area contributed by atoms with Gasteiger partial charge in [0.1, 0.15) is 23.1 Å². The number of benzene rings is 4. The molecule has 172 valence electrons. The summed E-state index contributed by atoms with van der Waals surface area (Å²) in [7, 11) is 0. The first-order valence-corrected chi connectivity index (χ1v) is 12.7. The minimum atomic E-state index is -0.291. The second-order valence-corrected chi connectivity index (χ2v) is 10.2. The summed E-state index contributed by atoms with van der Waals surface area (Å²) in [4.78, 5) is 0. The fourth-order valence-corrected chi connectivity index (χ4v) is 3.35. The molecular formula is C24H15Cl4FI2O2. The van der Waals surface area contributed by atoms with Crippen LogP contribution in [0, 0.1) is 13.0 Å². The third-order valence-corrected chi connectivity index (χ3v) is 7.30. The van der Waals surface area contributed by atoms with Crippen molar-refractivity contribution in [3.8, 4) is 17.2 Å². The molecule has 0 spiro atoms. The van der Waals surface area contributed by atoms with Crippen molar-refractivity contribution >= 4 is 91.6 Å². The minimum Gasteiger partial charge on any atom is -0.508 e. The molecule has 0 aromatic heterocycles. The molecule has 0 fully saturated rings. The molecular weight excluding hydrogens is 735 g/mol. The molecule has 0 saturated heterocycles. The van der Waals surface area contributed by atoms with Crippen LogP contribution < -0.4 is 4.74 Å². The van der Waals surface area contributed by atoms with E-state index >= 15 is 0 Å². The molecule has 0 aliphatic carbocycles. The van der Waals surface area contributed by atoms with Gasteiger partial charge in [-0.15, -0.1) is 0 Å². The molecule has 0 radical (unpaired) electrons. The summed E-state index contributed by atoms with van der Waals surface area (Å²) in [6.07, 6.45) is 0. The second-order valence-electron chi connectivity index (χ2n) is 6.17. The van der Waals surface area contributed by atoms with Crippen LogP contribution in [0.15, 0.2) is 84.9 Å². The Balaban J connectivity index is 0.000000192. The maximum atomic E-state index is 12.3. The van der Waals surface area contributed by atoms with Crippen LogP contribution in [0.3, 0.4) is 0 Å². The first kappa shape index (κ1) is 28.3. The largest absolute Gasteiger partial charge is 0.508 e. The summed E-state index contributed by atoms with van der Waals surface area (Å²) >= 11 is 27.1. The zero-order chi connectivity index (χ0) is 24.4. The highest BCUT2D eigenvalue weighted by Gasteiger charge is 2.01. The van der Waals surface area contributed by atoms with E-state index in [2.05, 4.69) is 22.6 Å². The van der Waals surface area contributed by atoms with Crippen molar-refractivity contribution in [2.75, 3.05) is 0 Å². The van der Waals surface area contributed by atoms with E-state index in [-0.39, 0.29) is 11.6 Å². The third kappa shape index (κ3) is 10.9. The molecule has 4 rings (SSSR count). The van der Waals surface area contributed by atoms with Gasteiger partial charge in [0, 0.05) is 23.3 Å². The molecule has 33 heavy (non-hydrogen) atoms. The van der Waals surface area contributed by atoms with Crippen molar-refractivity contribution in [2.45, 2.75) is 0 Å². The summed E-state index contributed by atoms with van der Waals surface area (Å²) in [6, 6.07) is 23.4. The first-order chi connectivity index (χ1) is 15.6. The van der Waals surface area contributed by atoms with Crippen LogP contribution in [0.5, 0.6) is 17.2 Å². The van der Waals surface area contributed by atoms with Gasteiger partial charge in [0.2, 0.25) is 0 Å². The zero-order valence-corrected chi connectivity index (χ0v) is 23.9. The smallest absolute Gasteiger partial charge is 0.128 e. The maximum Gasteiger partial charge on any atom is 0.128 e. The number of phenolic OH excluding ortho intramolecular Hbond substituents is 1. The average molecular weight is 750 g/mol. The highest BCUT2D eigenvalue weighted by Crippen LogP contribution is 2.28. The molecule has 0 unspecified atom stereocenters. The van der Waals surface area contributed by atoms with Crippen LogP contribution >= 0.6 is 91.6 Å². The van der Waals surface area contributed by atoms with Gasteiger partial charge in [-0.1, -0.05) is 46.4 Å². The fraction of sp³-hybridized carbons (Fsp3) is 0. The Kier molecular flexibility index (Phi) is 12.4. The molecule has 1 N–H and O–H groups in total. The van der Waals surface area contributed by atoms with Crippen LogP contribution in [0.2, 0.25) is 20.1 Å². The van der Waals surface area contributed by atoms with Gasteiger partial charge in [-0.05, 0) is 124 Å². The Morgan fingerprint density at radius 2 is 1.06 bits per heavy atom. The number of aromatic hydroxyl groups is 1. The van der Waals surface area contributed by atoms with E-state index in [9.17, 15) is 4.39 Å². The number of rotatable bonds is 2. The summed E-state index contributed by atoms with van der Waals surface area (Å²) in [5.41, 5.74) is 0. The van der Waals surface area contributed by atoms with E-state index in [0.29, 0.717) is 25.8 Å². The van der Waals surface area contributed by atoms with Gasteiger partial charge in [-0.3, -0.25) is 0 Å². The standard InChI is InChI=1S/C12H7Cl2IO.C6H3ClFI.C6H5ClO/c13-8-1-3-9(4-2-8)16-10-5-6-12(15)11(14)7-10;7-5-3-4(8)1-2-6(5)9;7-5-1-3-6(8)4-2-5/h1-7H;1-3H;1-4,8H. The lowest BCUT2D eigenvalue weighted by atomic mass is 10.3. The SMILES string of the molecule is Clc1ccc(Oc2ccc(I)c(Cl)c2)cc1.Fc1ccc(I)c(Cl)c1.Oc1ccc(Cl)cc1. The van der Waals surface area contributed by atoms with Gasteiger partial charge in [-0.25, -0.2) is 4.39 Å². The Morgan fingerprint density at radius 3 is 1.52 bits per heavy atom. The molecule has 0 bridgehead atoms. The van der Waals surface area contributed by atoms with Gasteiger partial charge in [0.25, 0.3) is 0 Å². The lowest BCUT2D eigenvalue weighted by molar-refractivity contribution is 0.475. The average Bonchev–Trinajstić information content (AvgIpc) is 2.78. The van der Waals surface area contributed by atoms with E-state index in [4.69, 9.17) is 56.2 Å². The molecule has 0 saturated carbocycles. The van der Waals surface area contributed by atoms with Gasteiger partial charge in [0.15, 0.2) is 0 Å².